The summed E-state index contributed by atoms with van der Waals surface area (Å²) in [7, 11) is 1.60. The zero-order chi connectivity index (χ0) is 22.5. The first-order valence-corrected chi connectivity index (χ1v) is 10.9. The number of rotatable bonds is 6. The van der Waals surface area contributed by atoms with Gasteiger partial charge in [0.05, 0.1) is 12.8 Å². The molecule has 0 N–H and O–H groups in total. The number of aromatic nitrogens is 1. The Morgan fingerprint density at radius 2 is 1.75 bits per heavy atom. The zero-order valence-corrected chi connectivity index (χ0v) is 18.4. The van der Waals surface area contributed by atoms with E-state index in [0.29, 0.717) is 31.7 Å². The highest BCUT2D eigenvalue weighted by Gasteiger charge is 2.38. The standard InChI is InChI=1S/C26H27N3O3/c1-3-25(30)28-16-17-29(22-10-6-7-11-24(22)32-2)26(31)23(28)18-20-8-4-5-9-21(20)19-12-14-27-15-13-19/h4-15,23H,3,16-18H2,1-2H3. The molecule has 1 unspecified atom stereocenters. The highest BCUT2D eigenvalue weighted by molar-refractivity contribution is 6.01. The summed E-state index contributed by atoms with van der Waals surface area (Å²) in [4.78, 5) is 34.1. The molecule has 0 spiro atoms. The first kappa shape index (κ1) is 21.6. The van der Waals surface area contributed by atoms with Crippen molar-refractivity contribution in [2.24, 2.45) is 0 Å². The molecule has 2 heterocycles. The van der Waals surface area contributed by atoms with Gasteiger partial charge in [-0.3, -0.25) is 14.6 Å². The van der Waals surface area contributed by atoms with E-state index in [1.807, 2.05) is 67.6 Å². The molecule has 1 aromatic heterocycles. The predicted molar refractivity (Wildman–Crippen MR) is 125 cm³/mol. The fourth-order valence-electron chi connectivity index (χ4n) is 4.30. The van der Waals surface area contributed by atoms with Crippen LogP contribution in [0.25, 0.3) is 11.1 Å². The van der Waals surface area contributed by atoms with Gasteiger partial charge in [-0.15, -0.1) is 0 Å². The molecule has 0 saturated carbocycles. The number of carbonyl (C=O) groups excluding carboxylic acids is 2. The number of nitrogens with zero attached hydrogens (tertiary/aromatic N) is 3. The van der Waals surface area contributed by atoms with E-state index >= 15 is 0 Å². The molecule has 6 nitrogen and oxygen atoms in total. The van der Waals surface area contributed by atoms with Crippen LogP contribution in [0, 0.1) is 0 Å². The van der Waals surface area contributed by atoms with Crippen molar-refractivity contribution in [3.63, 3.8) is 0 Å². The smallest absolute Gasteiger partial charge is 0.250 e. The molecule has 4 rings (SSSR count). The van der Waals surface area contributed by atoms with Crippen molar-refractivity contribution in [1.82, 2.24) is 9.88 Å². The first-order chi connectivity index (χ1) is 15.6. The molecule has 32 heavy (non-hydrogen) atoms. The topological polar surface area (TPSA) is 62.7 Å². The van der Waals surface area contributed by atoms with Gasteiger partial charge in [-0.05, 0) is 41.0 Å². The van der Waals surface area contributed by atoms with Crippen molar-refractivity contribution in [2.45, 2.75) is 25.8 Å². The van der Waals surface area contributed by atoms with Crippen LogP contribution in [0.1, 0.15) is 18.9 Å². The molecule has 2 amide bonds. The molecule has 1 atom stereocenters. The van der Waals surface area contributed by atoms with E-state index in [0.717, 1.165) is 22.4 Å². The normalized spacial score (nSPS) is 16.2. The van der Waals surface area contributed by atoms with Crippen molar-refractivity contribution in [2.75, 3.05) is 25.1 Å². The van der Waals surface area contributed by atoms with Crippen molar-refractivity contribution in [1.29, 1.82) is 0 Å². The molecule has 2 aromatic carbocycles. The minimum absolute atomic E-state index is 0.00980. The van der Waals surface area contributed by atoms with Crippen molar-refractivity contribution >= 4 is 17.5 Å². The molecule has 1 fully saturated rings. The summed E-state index contributed by atoms with van der Waals surface area (Å²) in [6.45, 7) is 2.76. The highest BCUT2D eigenvalue weighted by Crippen LogP contribution is 2.32. The van der Waals surface area contributed by atoms with E-state index in [2.05, 4.69) is 4.98 Å². The molecule has 6 heteroatoms. The Labute approximate surface area is 188 Å². The number of hydrogen-bond acceptors (Lipinski definition) is 4. The SMILES string of the molecule is CCC(=O)N1CCN(c2ccccc2OC)C(=O)C1Cc1ccccc1-c1ccncc1. The lowest BCUT2D eigenvalue weighted by atomic mass is 9.93. The monoisotopic (exact) mass is 429 g/mol. The average molecular weight is 430 g/mol. The van der Waals surface area contributed by atoms with E-state index < -0.39 is 6.04 Å². The number of hydrogen-bond donors (Lipinski definition) is 0. The highest BCUT2D eigenvalue weighted by atomic mass is 16.5. The van der Waals surface area contributed by atoms with Crippen LogP contribution >= 0.6 is 0 Å². The molecular weight excluding hydrogens is 402 g/mol. The van der Waals surface area contributed by atoms with Gasteiger partial charge < -0.3 is 14.5 Å². The number of para-hydroxylation sites is 2. The molecule has 0 radical (unpaired) electrons. The summed E-state index contributed by atoms with van der Waals surface area (Å²) in [6, 6.07) is 18.9. The zero-order valence-electron chi connectivity index (χ0n) is 18.4. The number of ether oxygens (including phenoxy) is 1. The lowest BCUT2D eigenvalue weighted by Gasteiger charge is -2.41. The van der Waals surface area contributed by atoms with Crippen LogP contribution < -0.4 is 9.64 Å². The number of amides is 2. The Balaban J connectivity index is 1.71. The number of piperazine rings is 1. The molecule has 3 aromatic rings. The third-order valence-electron chi connectivity index (χ3n) is 5.91. The second kappa shape index (κ2) is 9.64. The van der Waals surface area contributed by atoms with Crippen LogP contribution in [-0.4, -0.2) is 47.9 Å². The van der Waals surface area contributed by atoms with Crippen molar-refractivity contribution in [3.8, 4) is 16.9 Å². The quantitative estimate of drug-likeness (QED) is 0.595. The van der Waals surface area contributed by atoms with E-state index in [1.165, 1.54) is 0 Å². The number of anilines is 1. The number of methoxy groups -OCH3 is 1. The van der Waals surface area contributed by atoms with E-state index in [-0.39, 0.29) is 11.8 Å². The molecule has 1 aliphatic rings. The summed E-state index contributed by atoms with van der Waals surface area (Å²) in [5, 5.41) is 0. The Kier molecular flexibility index (Phi) is 6.50. The Bertz CT molecular complexity index is 1100. The van der Waals surface area contributed by atoms with E-state index in [4.69, 9.17) is 4.74 Å². The molecule has 1 saturated heterocycles. The van der Waals surface area contributed by atoms with Gasteiger partial charge in [-0.25, -0.2) is 0 Å². The summed E-state index contributed by atoms with van der Waals surface area (Å²) in [5.74, 6) is 0.545. The van der Waals surface area contributed by atoms with Gasteiger partial charge in [0, 0.05) is 38.3 Å². The van der Waals surface area contributed by atoms with Gasteiger partial charge in [-0.1, -0.05) is 43.3 Å². The van der Waals surface area contributed by atoms with Gasteiger partial charge in [0.1, 0.15) is 11.8 Å². The van der Waals surface area contributed by atoms with Gasteiger partial charge in [0.25, 0.3) is 0 Å². The lowest BCUT2D eigenvalue weighted by Crippen LogP contribution is -2.59. The lowest BCUT2D eigenvalue weighted by molar-refractivity contribution is -0.141. The Morgan fingerprint density at radius 3 is 2.50 bits per heavy atom. The summed E-state index contributed by atoms with van der Waals surface area (Å²) in [5.41, 5.74) is 3.83. The molecule has 0 bridgehead atoms. The minimum Gasteiger partial charge on any atom is -0.495 e. The molecular formula is C26H27N3O3. The predicted octanol–water partition coefficient (Wildman–Crippen LogP) is 3.95. The van der Waals surface area contributed by atoms with Gasteiger partial charge in [-0.2, -0.15) is 0 Å². The summed E-state index contributed by atoms with van der Waals surface area (Å²) in [6.07, 6.45) is 4.32. The van der Waals surface area contributed by atoms with Gasteiger partial charge >= 0.3 is 0 Å². The second-order valence-corrected chi connectivity index (χ2v) is 7.72. The molecule has 1 aliphatic heterocycles. The van der Waals surface area contributed by atoms with Gasteiger partial charge in [0.2, 0.25) is 11.8 Å². The largest absolute Gasteiger partial charge is 0.495 e. The average Bonchev–Trinajstić information content (AvgIpc) is 2.85. The van der Waals surface area contributed by atoms with Crippen LogP contribution in [0.15, 0.2) is 73.1 Å². The van der Waals surface area contributed by atoms with Crippen molar-refractivity contribution in [3.05, 3.63) is 78.6 Å². The van der Waals surface area contributed by atoms with E-state index in [9.17, 15) is 9.59 Å². The van der Waals surface area contributed by atoms with Crippen LogP contribution in [0.3, 0.4) is 0 Å². The van der Waals surface area contributed by atoms with Crippen molar-refractivity contribution < 1.29 is 14.3 Å². The first-order valence-electron chi connectivity index (χ1n) is 10.9. The maximum absolute atomic E-state index is 13.7. The van der Waals surface area contributed by atoms with Crippen LogP contribution in [0.4, 0.5) is 5.69 Å². The number of benzene rings is 2. The number of carbonyl (C=O) groups is 2. The van der Waals surface area contributed by atoms with Gasteiger partial charge in [0.15, 0.2) is 0 Å². The van der Waals surface area contributed by atoms with Crippen LogP contribution in [0.2, 0.25) is 0 Å². The third-order valence-corrected chi connectivity index (χ3v) is 5.91. The second-order valence-electron chi connectivity index (χ2n) is 7.72. The fraction of sp³-hybridized carbons (Fsp3) is 0.269. The fourth-order valence-corrected chi connectivity index (χ4v) is 4.30. The Morgan fingerprint density at radius 1 is 1.03 bits per heavy atom. The summed E-state index contributed by atoms with van der Waals surface area (Å²) >= 11 is 0. The molecule has 0 aliphatic carbocycles. The van der Waals surface area contributed by atoms with E-state index in [1.54, 1.807) is 29.3 Å². The maximum Gasteiger partial charge on any atom is 0.250 e. The van der Waals surface area contributed by atoms with Crippen LogP contribution in [-0.2, 0) is 16.0 Å². The minimum atomic E-state index is -0.580. The van der Waals surface area contributed by atoms with Crippen LogP contribution in [0.5, 0.6) is 5.75 Å². The maximum atomic E-state index is 13.7. The third kappa shape index (κ3) is 4.21. The Hall–Kier alpha value is -3.67. The summed E-state index contributed by atoms with van der Waals surface area (Å²) < 4.78 is 5.49. The molecule has 164 valence electrons. The number of pyridine rings is 1.